The van der Waals surface area contributed by atoms with Gasteiger partial charge in [-0.05, 0) is 67.1 Å². The van der Waals surface area contributed by atoms with Gasteiger partial charge in [-0.1, -0.05) is 24.9 Å². The number of rotatable bonds is 11. The van der Waals surface area contributed by atoms with Crippen LogP contribution in [0.4, 0.5) is 0 Å². The number of unbranched alkanes of at least 4 members (excludes halogenated alkanes) is 1. The molecule has 0 bridgehead atoms. The number of amides is 1. The lowest BCUT2D eigenvalue weighted by Crippen LogP contribution is -2.20. The summed E-state index contributed by atoms with van der Waals surface area (Å²) in [4.78, 5) is 13.3. The molecule has 0 fully saturated rings. The monoisotopic (exact) mass is 434 g/mol. The van der Waals surface area contributed by atoms with Gasteiger partial charge in [0.25, 0.3) is 0 Å². The van der Waals surface area contributed by atoms with Crippen molar-refractivity contribution >= 4 is 35.5 Å². The fraction of sp³-hybridized carbons (Fsp3) is 0.364. The second-order valence-electron chi connectivity index (χ2n) is 6.27. The van der Waals surface area contributed by atoms with Crippen LogP contribution in [0.25, 0.3) is 0 Å². The molecular formula is C22H27ClN2O3S. The van der Waals surface area contributed by atoms with Crippen molar-refractivity contribution in [1.29, 1.82) is 0 Å². The zero-order chi connectivity index (χ0) is 21.1. The number of hydrazone groups is 1. The maximum atomic E-state index is 12.2. The summed E-state index contributed by atoms with van der Waals surface area (Å²) >= 11 is 7.62. The van der Waals surface area contributed by atoms with E-state index in [9.17, 15) is 4.79 Å². The van der Waals surface area contributed by atoms with Crippen molar-refractivity contribution < 1.29 is 14.3 Å². The zero-order valence-electron chi connectivity index (χ0n) is 17.0. The van der Waals surface area contributed by atoms with Crippen LogP contribution in [0.15, 0.2) is 46.4 Å². The molecule has 0 radical (unpaired) electrons. The summed E-state index contributed by atoms with van der Waals surface area (Å²) in [6.45, 7) is 5.24. The molecule has 2 aromatic rings. The topological polar surface area (TPSA) is 59.9 Å². The molecular weight excluding hydrogens is 408 g/mol. The molecule has 0 aromatic heterocycles. The smallest absolute Gasteiger partial charge is 0.244 e. The van der Waals surface area contributed by atoms with Crippen molar-refractivity contribution in [2.75, 3.05) is 19.5 Å². The molecule has 7 heteroatoms. The second kappa shape index (κ2) is 12.4. The first kappa shape index (κ1) is 23.1. The molecule has 2 aromatic carbocycles. The number of nitrogens with zero attached hydrogens (tertiary/aromatic N) is 1. The van der Waals surface area contributed by atoms with Gasteiger partial charge in [0.15, 0.2) is 11.5 Å². The highest BCUT2D eigenvalue weighted by Gasteiger charge is 2.09. The summed E-state index contributed by atoms with van der Waals surface area (Å²) in [5, 5.41) is 4.67. The van der Waals surface area contributed by atoms with Gasteiger partial charge in [-0.25, -0.2) is 5.43 Å². The first-order valence-corrected chi connectivity index (χ1v) is 11.2. The van der Waals surface area contributed by atoms with Gasteiger partial charge in [0.1, 0.15) is 0 Å². The largest absolute Gasteiger partial charge is 0.490 e. The SMILES string of the molecule is CCCCOc1ccc(/C=N\NC(=O)Cc2cc(Cl)ccc2SC)cc1OCC. The summed E-state index contributed by atoms with van der Waals surface area (Å²) < 4.78 is 11.4. The van der Waals surface area contributed by atoms with Crippen LogP contribution in [0.5, 0.6) is 11.5 Å². The predicted octanol–water partition coefficient (Wildman–Crippen LogP) is 5.33. The Hall–Kier alpha value is -2.18. The number of hydrogen-bond acceptors (Lipinski definition) is 5. The number of ether oxygens (including phenoxy) is 2. The third kappa shape index (κ3) is 7.63. The van der Waals surface area contributed by atoms with E-state index in [1.54, 1.807) is 18.0 Å². The van der Waals surface area contributed by atoms with E-state index in [0.29, 0.717) is 29.7 Å². The van der Waals surface area contributed by atoms with Crippen molar-refractivity contribution in [1.82, 2.24) is 5.43 Å². The molecule has 0 aliphatic heterocycles. The number of carbonyl (C=O) groups excluding carboxylic acids is 1. The van der Waals surface area contributed by atoms with Crippen LogP contribution in [-0.2, 0) is 11.2 Å². The van der Waals surface area contributed by atoms with Gasteiger partial charge >= 0.3 is 0 Å². The molecule has 1 N–H and O–H groups in total. The lowest BCUT2D eigenvalue weighted by molar-refractivity contribution is -0.120. The number of halogens is 1. The average molecular weight is 435 g/mol. The minimum absolute atomic E-state index is 0.205. The summed E-state index contributed by atoms with van der Waals surface area (Å²) in [5.41, 5.74) is 4.25. The highest BCUT2D eigenvalue weighted by Crippen LogP contribution is 2.28. The van der Waals surface area contributed by atoms with Crippen LogP contribution in [-0.4, -0.2) is 31.6 Å². The van der Waals surface area contributed by atoms with Gasteiger partial charge in [-0.15, -0.1) is 11.8 Å². The molecule has 1 amide bonds. The summed E-state index contributed by atoms with van der Waals surface area (Å²) in [6.07, 6.45) is 5.83. The molecule has 5 nitrogen and oxygen atoms in total. The maximum Gasteiger partial charge on any atom is 0.244 e. The minimum atomic E-state index is -0.205. The minimum Gasteiger partial charge on any atom is -0.490 e. The number of carbonyl (C=O) groups is 1. The van der Waals surface area contributed by atoms with E-state index < -0.39 is 0 Å². The van der Waals surface area contributed by atoms with E-state index in [1.807, 2.05) is 49.6 Å². The Morgan fingerprint density at radius 1 is 1.17 bits per heavy atom. The lowest BCUT2D eigenvalue weighted by Gasteiger charge is -2.12. The third-order valence-electron chi connectivity index (χ3n) is 4.02. The maximum absolute atomic E-state index is 12.2. The zero-order valence-corrected chi connectivity index (χ0v) is 18.6. The Bertz CT molecular complexity index is 843. The molecule has 0 aliphatic rings. The van der Waals surface area contributed by atoms with Crippen LogP contribution in [0.3, 0.4) is 0 Å². The lowest BCUT2D eigenvalue weighted by atomic mass is 10.1. The van der Waals surface area contributed by atoms with Crippen molar-refractivity contribution in [3.63, 3.8) is 0 Å². The number of hydrogen-bond donors (Lipinski definition) is 1. The molecule has 156 valence electrons. The van der Waals surface area contributed by atoms with E-state index in [-0.39, 0.29) is 12.3 Å². The number of nitrogens with one attached hydrogen (secondary N) is 1. The van der Waals surface area contributed by atoms with Gasteiger partial charge in [0.05, 0.1) is 25.8 Å². The van der Waals surface area contributed by atoms with Gasteiger partial charge in [-0.2, -0.15) is 5.10 Å². The molecule has 0 saturated carbocycles. The second-order valence-corrected chi connectivity index (χ2v) is 7.55. The van der Waals surface area contributed by atoms with Gasteiger partial charge in [-0.3, -0.25) is 4.79 Å². The van der Waals surface area contributed by atoms with E-state index in [1.165, 1.54) is 0 Å². The van der Waals surface area contributed by atoms with Crippen molar-refractivity contribution in [2.24, 2.45) is 5.10 Å². The molecule has 0 atom stereocenters. The van der Waals surface area contributed by atoms with Crippen molar-refractivity contribution in [3.8, 4) is 11.5 Å². The number of benzene rings is 2. The van der Waals surface area contributed by atoms with Gasteiger partial charge in [0.2, 0.25) is 5.91 Å². The Kier molecular flexibility index (Phi) is 9.88. The first-order chi connectivity index (χ1) is 14.1. The van der Waals surface area contributed by atoms with Crippen molar-refractivity contribution in [2.45, 2.75) is 38.0 Å². The summed E-state index contributed by atoms with van der Waals surface area (Å²) in [7, 11) is 0. The van der Waals surface area contributed by atoms with Gasteiger partial charge in [0, 0.05) is 9.92 Å². The fourth-order valence-corrected chi connectivity index (χ4v) is 3.39. The van der Waals surface area contributed by atoms with E-state index in [4.69, 9.17) is 21.1 Å². The van der Waals surface area contributed by atoms with E-state index in [2.05, 4.69) is 17.5 Å². The van der Waals surface area contributed by atoms with Crippen LogP contribution < -0.4 is 14.9 Å². The highest BCUT2D eigenvalue weighted by molar-refractivity contribution is 7.98. The molecule has 0 saturated heterocycles. The first-order valence-electron chi connectivity index (χ1n) is 9.61. The van der Waals surface area contributed by atoms with Crippen LogP contribution in [0.2, 0.25) is 5.02 Å². The molecule has 0 spiro atoms. The van der Waals surface area contributed by atoms with Crippen LogP contribution in [0, 0.1) is 0 Å². The van der Waals surface area contributed by atoms with Gasteiger partial charge < -0.3 is 9.47 Å². The highest BCUT2D eigenvalue weighted by atomic mass is 35.5. The summed E-state index contributed by atoms with van der Waals surface area (Å²) in [5.74, 6) is 1.18. The Morgan fingerprint density at radius 3 is 2.72 bits per heavy atom. The molecule has 29 heavy (non-hydrogen) atoms. The molecule has 0 heterocycles. The normalized spacial score (nSPS) is 10.9. The fourth-order valence-electron chi connectivity index (χ4n) is 2.60. The Balaban J connectivity index is 1.99. The van der Waals surface area contributed by atoms with Crippen molar-refractivity contribution in [3.05, 3.63) is 52.5 Å². The number of thioether (sulfide) groups is 1. The van der Waals surface area contributed by atoms with Crippen LogP contribution >= 0.6 is 23.4 Å². The van der Waals surface area contributed by atoms with Crippen LogP contribution in [0.1, 0.15) is 37.8 Å². The van der Waals surface area contributed by atoms with E-state index in [0.717, 1.165) is 28.9 Å². The molecule has 2 rings (SSSR count). The standard InChI is InChI=1S/C22H27ClN2O3S/c1-4-6-11-28-19-9-7-16(12-20(19)27-5-2)15-24-25-22(26)14-17-13-18(23)8-10-21(17)29-3/h7-10,12-13,15H,4-6,11,14H2,1-3H3,(H,25,26)/b24-15-. The average Bonchev–Trinajstić information content (AvgIpc) is 2.70. The summed E-state index contributed by atoms with van der Waals surface area (Å²) in [6, 6.07) is 11.1. The quantitative estimate of drug-likeness (QED) is 0.224. The Labute approximate surface area is 181 Å². The predicted molar refractivity (Wildman–Crippen MR) is 121 cm³/mol. The molecule has 0 unspecified atom stereocenters. The molecule has 0 aliphatic carbocycles. The van der Waals surface area contributed by atoms with E-state index >= 15 is 0 Å². The Morgan fingerprint density at radius 2 is 2.00 bits per heavy atom. The third-order valence-corrected chi connectivity index (χ3v) is 5.09.